The molecule has 0 atom stereocenters. The molecule has 7 nitrogen and oxygen atoms in total. The number of rotatable bonds is 7. The fourth-order valence-corrected chi connectivity index (χ4v) is 3.59. The average Bonchev–Trinajstić information content (AvgIpc) is 3.19. The summed E-state index contributed by atoms with van der Waals surface area (Å²) in [5.41, 5.74) is 2.78. The zero-order chi connectivity index (χ0) is 21.3. The Kier molecular flexibility index (Phi) is 5.55. The Hall–Kier alpha value is -3.19. The summed E-state index contributed by atoms with van der Waals surface area (Å²) in [4.78, 5) is 15.4. The van der Waals surface area contributed by atoms with E-state index in [-0.39, 0.29) is 18.0 Å². The first-order valence-corrected chi connectivity index (χ1v) is 9.92. The van der Waals surface area contributed by atoms with Crippen molar-refractivity contribution in [2.45, 2.75) is 13.3 Å². The lowest BCUT2D eigenvalue weighted by Crippen LogP contribution is -2.16. The fourth-order valence-electron chi connectivity index (χ4n) is 3.59. The third-order valence-corrected chi connectivity index (χ3v) is 5.03. The zero-order valence-electron chi connectivity index (χ0n) is 17.7. The van der Waals surface area contributed by atoms with E-state index in [0.717, 1.165) is 30.8 Å². The van der Waals surface area contributed by atoms with Crippen LogP contribution in [0.15, 0.2) is 39.5 Å². The smallest absolute Gasteiger partial charge is 0.235 e. The normalized spacial score (nSPS) is 12.6. The molecule has 0 spiro atoms. The molecule has 2 heterocycles. The predicted octanol–water partition coefficient (Wildman–Crippen LogP) is 3.87. The number of benzene rings is 2. The van der Waals surface area contributed by atoms with E-state index < -0.39 is 0 Å². The summed E-state index contributed by atoms with van der Waals surface area (Å²) in [7, 11) is 5.57. The number of fused-ring (bicyclic) bond motifs is 2. The second-order valence-electron chi connectivity index (χ2n) is 7.63. The number of aryl methyl sites for hydroxylation is 1. The van der Waals surface area contributed by atoms with Crippen LogP contribution >= 0.6 is 0 Å². The number of nitrogens with one attached hydrogen (secondary N) is 1. The number of hydrogen-bond donors (Lipinski definition) is 1. The molecule has 0 bridgehead atoms. The van der Waals surface area contributed by atoms with E-state index in [1.807, 2.05) is 39.2 Å². The number of anilines is 1. The van der Waals surface area contributed by atoms with Crippen molar-refractivity contribution in [3.8, 4) is 28.6 Å². The molecule has 2 aromatic carbocycles. The van der Waals surface area contributed by atoms with E-state index in [4.69, 9.17) is 18.6 Å². The van der Waals surface area contributed by atoms with E-state index >= 15 is 0 Å². The van der Waals surface area contributed by atoms with Crippen molar-refractivity contribution in [2.24, 2.45) is 0 Å². The molecule has 0 radical (unpaired) electrons. The molecule has 0 unspecified atom stereocenters. The van der Waals surface area contributed by atoms with Gasteiger partial charge < -0.3 is 28.8 Å². The molecule has 4 rings (SSSR count). The molecule has 1 aliphatic rings. The summed E-state index contributed by atoms with van der Waals surface area (Å²) in [5.74, 6) is 1.82. The molecule has 0 amide bonds. The molecule has 0 saturated heterocycles. The zero-order valence-corrected chi connectivity index (χ0v) is 17.7. The lowest BCUT2D eigenvalue weighted by atomic mass is 10.1. The maximum atomic E-state index is 13.2. The lowest BCUT2D eigenvalue weighted by Gasteiger charge is -2.15. The number of ether oxygens (including phenoxy) is 3. The standard InChI is InChI=1S/C23H26N2O5/c1-14-10-16-20(26)23(27-4)21(15-6-7-18-19(12-15)29-13-28-18)30-22(16)17(11-14)24-8-5-9-25(2)3/h6-7,10-12,24H,5,8-9,13H2,1-4H3. The quantitative estimate of drug-likeness (QED) is 0.593. The Morgan fingerprint density at radius 2 is 1.93 bits per heavy atom. The molecule has 0 fully saturated rings. The fraction of sp³-hybridized carbons (Fsp3) is 0.348. The minimum atomic E-state index is -0.202. The van der Waals surface area contributed by atoms with Gasteiger partial charge in [0.05, 0.1) is 18.2 Å². The summed E-state index contributed by atoms with van der Waals surface area (Å²) in [6, 6.07) is 9.26. The third-order valence-electron chi connectivity index (χ3n) is 5.03. The minimum Gasteiger partial charge on any atom is -0.490 e. The van der Waals surface area contributed by atoms with Crippen molar-refractivity contribution in [3.63, 3.8) is 0 Å². The van der Waals surface area contributed by atoms with Crippen LogP contribution in [0.5, 0.6) is 17.2 Å². The Balaban J connectivity index is 1.82. The number of hydrogen-bond acceptors (Lipinski definition) is 7. The molecule has 7 heteroatoms. The highest BCUT2D eigenvalue weighted by Gasteiger charge is 2.22. The van der Waals surface area contributed by atoms with Crippen LogP contribution in [-0.2, 0) is 0 Å². The van der Waals surface area contributed by atoms with E-state index in [1.54, 1.807) is 12.1 Å². The highest BCUT2D eigenvalue weighted by Crippen LogP contribution is 2.39. The first-order valence-electron chi connectivity index (χ1n) is 9.92. The first-order chi connectivity index (χ1) is 14.5. The molecule has 3 aromatic rings. The van der Waals surface area contributed by atoms with Gasteiger partial charge in [0.25, 0.3) is 0 Å². The topological polar surface area (TPSA) is 73.2 Å². The largest absolute Gasteiger partial charge is 0.490 e. The molecular formula is C23H26N2O5. The van der Waals surface area contributed by atoms with Crippen LogP contribution in [0.1, 0.15) is 12.0 Å². The van der Waals surface area contributed by atoms with Crippen molar-refractivity contribution in [3.05, 3.63) is 46.1 Å². The van der Waals surface area contributed by atoms with Gasteiger partial charge in [-0.25, -0.2) is 0 Å². The van der Waals surface area contributed by atoms with Gasteiger partial charge in [0.2, 0.25) is 18.0 Å². The van der Waals surface area contributed by atoms with E-state index in [2.05, 4.69) is 10.2 Å². The van der Waals surface area contributed by atoms with Crippen LogP contribution in [0, 0.1) is 6.92 Å². The summed E-state index contributed by atoms with van der Waals surface area (Å²) < 4.78 is 22.6. The first kappa shape index (κ1) is 20.1. The number of nitrogens with zero attached hydrogens (tertiary/aromatic N) is 1. The second-order valence-corrected chi connectivity index (χ2v) is 7.63. The molecule has 1 aromatic heterocycles. The van der Waals surface area contributed by atoms with Crippen LogP contribution in [-0.4, -0.2) is 46.0 Å². The second kappa shape index (κ2) is 8.28. The average molecular weight is 410 g/mol. The van der Waals surface area contributed by atoms with Crippen molar-refractivity contribution in [1.82, 2.24) is 4.90 Å². The molecule has 1 N–H and O–H groups in total. The summed E-state index contributed by atoms with van der Waals surface area (Å²) in [6.45, 7) is 3.88. The molecule has 0 aliphatic carbocycles. The number of methoxy groups -OCH3 is 1. The van der Waals surface area contributed by atoms with Gasteiger partial charge in [0.1, 0.15) is 0 Å². The van der Waals surface area contributed by atoms with Crippen LogP contribution in [0.25, 0.3) is 22.3 Å². The maximum absolute atomic E-state index is 13.2. The monoisotopic (exact) mass is 410 g/mol. The SMILES string of the molecule is COc1c(-c2ccc3c(c2)OCO3)oc2c(NCCCN(C)C)cc(C)cc2c1=O. The van der Waals surface area contributed by atoms with Gasteiger partial charge in [-0.1, -0.05) is 0 Å². The maximum Gasteiger partial charge on any atom is 0.235 e. The Bertz CT molecular complexity index is 1140. The van der Waals surface area contributed by atoms with E-state index in [1.165, 1.54) is 7.11 Å². The highest BCUT2D eigenvalue weighted by molar-refractivity contribution is 5.92. The summed E-state index contributed by atoms with van der Waals surface area (Å²) >= 11 is 0. The Morgan fingerprint density at radius 1 is 1.13 bits per heavy atom. The van der Waals surface area contributed by atoms with E-state index in [0.29, 0.717) is 33.8 Å². The predicted molar refractivity (Wildman–Crippen MR) is 117 cm³/mol. The van der Waals surface area contributed by atoms with Gasteiger partial charge in [0, 0.05) is 12.1 Å². The Labute approximate surface area is 175 Å². The third kappa shape index (κ3) is 3.80. The Morgan fingerprint density at radius 3 is 2.70 bits per heavy atom. The van der Waals surface area contributed by atoms with Gasteiger partial charge in [-0.05, 0) is 69.9 Å². The molecule has 0 saturated carbocycles. The molecular weight excluding hydrogens is 384 g/mol. The van der Waals surface area contributed by atoms with Crippen LogP contribution in [0.3, 0.4) is 0 Å². The van der Waals surface area contributed by atoms with Gasteiger partial charge in [-0.15, -0.1) is 0 Å². The lowest BCUT2D eigenvalue weighted by molar-refractivity contribution is 0.174. The van der Waals surface area contributed by atoms with Crippen molar-refractivity contribution in [2.75, 3.05) is 46.4 Å². The van der Waals surface area contributed by atoms with Gasteiger partial charge in [-0.3, -0.25) is 4.79 Å². The summed E-state index contributed by atoms with van der Waals surface area (Å²) in [5, 5.41) is 3.92. The molecule has 30 heavy (non-hydrogen) atoms. The van der Waals surface area contributed by atoms with Gasteiger partial charge in [-0.2, -0.15) is 0 Å². The van der Waals surface area contributed by atoms with Crippen molar-refractivity contribution >= 4 is 16.7 Å². The van der Waals surface area contributed by atoms with E-state index in [9.17, 15) is 4.79 Å². The van der Waals surface area contributed by atoms with Crippen molar-refractivity contribution < 1.29 is 18.6 Å². The van der Waals surface area contributed by atoms with Crippen LogP contribution < -0.4 is 25.0 Å². The summed E-state index contributed by atoms with van der Waals surface area (Å²) in [6.07, 6.45) is 0.970. The minimum absolute atomic E-state index is 0.172. The van der Waals surface area contributed by atoms with Gasteiger partial charge >= 0.3 is 0 Å². The molecule has 158 valence electrons. The van der Waals surface area contributed by atoms with Gasteiger partial charge in [0.15, 0.2) is 22.8 Å². The highest BCUT2D eigenvalue weighted by atomic mass is 16.7. The van der Waals surface area contributed by atoms with Crippen molar-refractivity contribution in [1.29, 1.82) is 0 Å². The van der Waals surface area contributed by atoms with Crippen LogP contribution in [0.2, 0.25) is 0 Å². The van der Waals surface area contributed by atoms with Crippen LogP contribution in [0.4, 0.5) is 5.69 Å². The molecule has 1 aliphatic heterocycles.